The highest BCUT2D eigenvalue weighted by Crippen LogP contribution is 2.34. The van der Waals surface area contributed by atoms with E-state index in [2.05, 4.69) is 16.9 Å². The minimum atomic E-state index is -0.839. The van der Waals surface area contributed by atoms with Gasteiger partial charge >= 0.3 is 0 Å². The molecule has 1 aromatic heterocycles. The molecule has 0 radical (unpaired) electrons. The zero-order valence-electron chi connectivity index (χ0n) is 26.1. The number of rotatable bonds is 11. The molecule has 0 fully saturated rings. The number of aliphatic imine (C=N–C) groups is 1. The highest BCUT2D eigenvalue weighted by atomic mass is 35.5. The van der Waals surface area contributed by atoms with Crippen molar-refractivity contribution in [2.75, 3.05) is 5.75 Å². The van der Waals surface area contributed by atoms with Gasteiger partial charge in [0.05, 0.1) is 22.3 Å². The molecule has 0 saturated carbocycles. The number of hydrogen-bond donors (Lipinski definition) is 1. The van der Waals surface area contributed by atoms with Crippen LogP contribution in [0.2, 0.25) is 5.02 Å². The van der Waals surface area contributed by atoms with E-state index in [1.807, 2.05) is 60.7 Å². The number of nitro benzene ring substituents is 1. The molecule has 1 aliphatic heterocycles. The molecule has 3 amide bonds. The monoisotopic (exact) mass is 692 g/mol. The number of carbonyl (C=O) groups excluding carboxylic acids is 3. The molecule has 2 heterocycles. The average Bonchev–Trinajstić information content (AvgIpc) is 3.58. The van der Waals surface area contributed by atoms with Gasteiger partial charge in [-0.1, -0.05) is 109 Å². The van der Waals surface area contributed by atoms with Crippen LogP contribution in [0.5, 0.6) is 0 Å². The molecule has 0 atom stereocenters. The molecule has 1 aliphatic rings. The fourth-order valence-corrected chi connectivity index (χ4v) is 5.95. The summed E-state index contributed by atoms with van der Waals surface area (Å²) in [5, 5.41) is 14.9. The van der Waals surface area contributed by atoms with Gasteiger partial charge in [0.1, 0.15) is 17.1 Å². The molecule has 0 bridgehead atoms. The molecular weight excluding hydrogens is 664 g/mol. The fourth-order valence-electron chi connectivity index (χ4n) is 4.97. The second kappa shape index (κ2) is 15.9. The van der Waals surface area contributed by atoms with Crippen LogP contribution >= 0.6 is 23.4 Å². The van der Waals surface area contributed by atoms with Crippen molar-refractivity contribution in [2.45, 2.75) is 13.0 Å². The zero-order chi connectivity index (χ0) is 34.9. The van der Waals surface area contributed by atoms with Crippen LogP contribution in [0, 0.1) is 10.1 Å². The predicted molar refractivity (Wildman–Crippen MR) is 191 cm³/mol. The molecule has 1 N–H and O–H groups in total. The first-order chi connectivity index (χ1) is 23.7. The van der Waals surface area contributed by atoms with Gasteiger partial charge in [-0.05, 0) is 54.5 Å². The van der Waals surface area contributed by atoms with Crippen LogP contribution in [-0.4, -0.2) is 38.5 Å². The number of halogens is 1. The fraction of sp³-hybridized carbons (Fsp3) is 0.0811. The first-order valence-electron chi connectivity index (χ1n) is 14.9. The van der Waals surface area contributed by atoms with Crippen molar-refractivity contribution in [3.05, 3.63) is 165 Å². The third kappa shape index (κ3) is 8.21. The van der Waals surface area contributed by atoms with Crippen LogP contribution in [0.15, 0.2) is 143 Å². The van der Waals surface area contributed by atoms with Gasteiger partial charge in [-0.3, -0.25) is 29.4 Å². The molecule has 10 nitrogen and oxygen atoms in total. The van der Waals surface area contributed by atoms with Crippen molar-refractivity contribution in [3.8, 4) is 11.3 Å². The van der Waals surface area contributed by atoms with Crippen LogP contribution in [-0.2, 0) is 14.4 Å². The molecule has 0 aliphatic carbocycles. The van der Waals surface area contributed by atoms with Gasteiger partial charge in [-0.2, -0.15) is 4.99 Å². The van der Waals surface area contributed by atoms with Crippen molar-refractivity contribution in [1.29, 1.82) is 0 Å². The highest BCUT2D eigenvalue weighted by Gasteiger charge is 2.35. The summed E-state index contributed by atoms with van der Waals surface area (Å²) in [6.07, 6.45) is 7.67. The molecule has 49 heavy (non-hydrogen) atoms. The summed E-state index contributed by atoms with van der Waals surface area (Å²) < 4.78 is 5.81. The molecule has 12 heteroatoms. The minimum absolute atomic E-state index is 0.0111. The minimum Gasteiger partial charge on any atom is -0.456 e. The lowest BCUT2D eigenvalue weighted by Crippen LogP contribution is -2.42. The number of benzene rings is 3. The lowest BCUT2D eigenvalue weighted by molar-refractivity contribution is -0.384. The summed E-state index contributed by atoms with van der Waals surface area (Å²) in [7, 11) is 0. The number of amides is 3. The number of thioether (sulfide) groups is 1. The van der Waals surface area contributed by atoms with Crippen molar-refractivity contribution < 1.29 is 23.7 Å². The van der Waals surface area contributed by atoms with Gasteiger partial charge < -0.3 is 9.73 Å². The van der Waals surface area contributed by atoms with Gasteiger partial charge in [0.25, 0.3) is 17.5 Å². The Morgan fingerprint density at radius 3 is 2.35 bits per heavy atom. The Bertz CT molecular complexity index is 2000. The summed E-state index contributed by atoms with van der Waals surface area (Å²) in [6, 6.07) is 25.7. The van der Waals surface area contributed by atoms with Crippen molar-refractivity contribution in [2.24, 2.45) is 4.99 Å². The first-order valence-corrected chi connectivity index (χ1v) is 16.3. The van der Waals surface area contributed by atoms with Crippen molar-refractivity contribution >= 4 is 58.0 Å². The van der Waals surface area contributed by atoms with Gasteiger partial charge in [0.2, 0.25) is 5.91 Å². The second-order valence-electron chi connectivity index (χ2n) is 10.4. The molecule has 3 aromatic carbocycles. The number of carbonyl (C=O) groups is 3. The van der Waals surface area contributed by atoms with Crippen LogP contribution in [0.25, 0.3) is 17.4 Å². The number of allylic oxidation sites excluding steroid dienone is 4. The Kier molecular flexibility index (Phi) is 11.2. The number of nitrogens with one attached hydrogen (secondary N) is 1. The van der Waals surface area contributed by atoms with E-state index in [1.165, 1.54) is 47.4 Å². The molecule has 246 valence electrons. The second-order valence-corrected chi connectivity index (χ2v) is 11.8. The highest BCUT2D eigenvalue weighted by molar-refractivity contribution is 8.14. The molecule has 0 saturated heterocycles. The quantitative estimate of drug-likeness (QED) is 0.0555. The Morgan fingerprint density at radius 1 is 1.06 bits per heavy atom. The van der Waals surface area contributed by atoms with E-state index in [9.17, 15) is 24.5 Å². The molecule has 4 aromatic rings. The lowest BCUT2D eigenvalue weighted by atomic mass is 9.99. The van der Waals surface area contributed by atoms with Crippen LogP contribution in [0.4, 0.5) is 5.69 Å². The standard InChI is InChI=1S/C37H29ClN4O6S/c1-3-5-16-27(4-2)41-36(45)30(22-28-18-20-32(48-28)29-19-17-26(38)21-31(29)42(46)47)35(44)40-37(41)49-23-33(43)39-34(24-12-8-6-9-13-24)25-14-10-7-11-15-25/h3-22,34H,1,23H2,2H3,(H,39,43)/b16-5-,27-4+,30-22+. The largest absolute Gasteiger partial charge is 0.456 e. The third-order valence-corrected chi connectivity index (χ3v) is 8.42. The van der Waals surface area contributed by atoms with Crippen molar-refractivity contribution in [3.63, 3.8) is 0 Å². The summed E-state index contributed by atoms with van der Waals surface area (Å²) in [6.45, 7) is 5.40. The Balaban J connectivity index is 1.42. The maximum absolute atomic E-state index is 14.0. The van der Waals surface area contributed by atoms with E-state index in [0.29, 0.717) is 5.70 Å². The summed E-state index contributed by atoms with van der Waals surface area (Å²) in [5.74, 6) is -1.79. The van der Waals surface area contributed by atoms with Gasteiger partial charge in [0, 0.05) is 16.8 Å². The van der Waals surface area contributed by atoms with E-state index in [0.717, 1.165) is 22.9 Å². The zero-order valence-corrected chi connectivity index (χ0v) is 27.7. The normalized spacial score (nSPS) is 14.4. The predicted octanol–water partition coefficient (Wildman–Crippen LogP) is 7.90. The maximum atomic E-state index is 14.0. The Labute approximate surface area is 291 Å². The van der Waals surface area contributed by atoms with E-state index in [1.54, 1.807) is 25.2 Å². The van der Waals surface area contributed by atoms with Gasteiger partial charge in [-0.25, -0.2) is 0 Å². The van der Waals surface area contributed by atoms with E-state index in [4.69, 9.17) is 16.0 Å². The number of amidine groups is 1. The van der Waals surface area contributed by atoms with E-state index in [-0.39, 0.29) is 50.2 Å². The first kappa shape index (κ1) is 34.6. The van der Waals surface area contributed by atoms with Gasteiger partial charge in [-0.15, -0.1) is 0 Å². The number of furan rings is 1. The maximum Gasteiger partial charge on any atom is 0.285 e. The van der Waals surface area contributed by atoms with E-state index < -0.39 is 22.8 Å². The molecular formula is C37H29ClN4O6S. The average molecular weight is 693 g/mol. The SMILES string of the molecule is C=C/C=C\C(=C/C)N1C(=O)/C(=C/c2ccc(-c3ccc(Cl)cc3[N+](=O)[O-])o2)C(=O)N=C1SCC(=O)NC(c1ccccc1)c1ccccc1. The topological polar surface area (TPSA) is 135 Å². The van der Waals surface area contributed by atoms with Crippen molar-refractivity contribution in [1.82, 2.24) is 10.2 Å². The molecule has 5 rings (SSSR count). The third-order valence-electron chi connectivity index (χ3n) is 7.25. The van der Waals surface area contributed by atoms with E-state index >= 15 is 0 Å². The number of nitrogens with zero attached hydrogens (tertiary/aromatic N) is 3. The molecule has 0 spiro atoms. The summed E-state index contributed by atoms with van der Waals surface area (Å²) in [4.78, 5) is 57.1. The summed E-state index contributed by atoms with van der Waals surface area (Å²) >= 11 is 6.89. The number of nitro groups is 1. The van der Waals surface area contributed by atoms with Crippen LogP contribution in [0.1, 0.15) is 29.9 Å². The smallest absolute Gasteiger partial charge is 0.285 e. The number of hydrogen-bond acceptors (Lipinski definition) is 7. The Morgan fingerprint density at radius 2 is 1.73 bits per heavy atom. The lowest BCUT2D eigenvalue weighted by Gasteiger charge is -2.28. The Hall–Kier alpha value is -5.78. The summed E-state index contributed by atoms with van der Waals surface area (Å²) in [5.41, 5.74) is 1.77. The van der Waals surface area contributed by atoms with Crippen LogP contribution in [0.3, 0.4) is 0 Å². The van der Waals surface area contributed by atoms with Crippen LogP contribution < -0.4 is 5.32 Å². The molecule has 0 unspecified atom stereocenters. The van der Waals surface area contributed by atoms with Gasteiger partial charge in [0.15, 0.2) is 5.17 Å².